The number of hydrogen-bond donors (Lipinski definition) is 3. The monoisotopic (exact) mass is 457 g/mol. The van der Waals surface area contributed by atoms with Crippen molar-refractivity contribution in [3.8, 4) is 6.07 Å². The Balaban J connectivity index is 1.25. The minimum atomic E-state index is -0.306. The van der Waals surface area contributed by atoms with Crippen molar-refractivity contribution in [3.63, 3.8) is 0 Å². The molecule has 0 aliphatic carbocycles. The highest BCUT2D eigenvalue weighted by Crippen LogP contribution is 2.26. The van der Waals surface area contributed by atoms with Gasteiger partial charge in [-0.25, -0.2) is 4.98 Å². The number of fused-ring (bicyclic) bond motifs is 1. The molecule has 0 atom stereocenters. The van der Waals surface area contributed by atoms with E-state index in [0.29, 0.717) is 22.6 Å². The fraction of sp³-hybridized carbons (Fsp3) is 0. The van der Waals surface area contributed by atoms with Gasteiger partial charge in [-0.3, -0.25) is 14.8 Å². The lowest BCUT2D eigenvalue weighted by molar-refractivity contribution is 0.102. The molecular formula is C27H19N7O. The molecule has 5 aromatic rings. The van der Waals surface area contributed by atoms with Crippen LogP contribution in [0.25, 0.3) is 10.9 Å². The Morgan fingerprint density at radius 1 is 0.743 bits per heavy atom. The van der Waals surface area contributed by atoms with Gasteiger partial charge in [-0.1, -0.05) is 0 Å². The van der Waals surface area contributed by atoms with Gasteiger partial charge in [0, 0.05) is 46.7 Å². The Labute approximate surface area is 201 Å². The van der Waals surface area contributed by atoms with Crippen molar-refractivity contribution in [3.05, 3.63) is 109 Å². The molecule has 5 rings (SSSR count). The normalized spacial score (nSPS) is 10.4. The summed E-state index contributed by atoms with van der Waals surface area (Å²) in [5.74, 6) is -0.306. The van der Waals surface area contributed by atoms with Gasteiger partial charge in [-0.05, 0) is 72.8 Å². The van der Waals surface area contributed by atoms with E-state index in [-0.39, 0.29) is 5.91 Å². The molecule has 0 fully saturated rings. The van der Waals surface area contributed by atoms with Crippen molar-refractivity contribution in [2.75, 3.05) is 16.0 Å². The summed E-state index contributed by atoms with van der Waals surface area (Å²) in [7, 11) is 0. The van der Waals surface area contributed by atoms with Crippen LogP contribution in [-0.2, 0) is 0 Å². The van der Waals surface area contributed by atoms with Crippen LogP contribution in [0.1, 0.15) is 16.1 Å². The molecule has 1 amide bonds. The van der Waals surface area contributed by atoms with Gasteiger partial charge >= 0.3 is 0 Å². The van der Waals surface area contributed by atoms with Gasteiger partial charge in [0.25, 0.3) is 5.91 Å². The van der Waals surface area contributed by atoms with E-state index in [1.165, 1.54) is 0 Å². The van der Waals surface area contributed by atoms with Crippen LogP contribution in [0.15, 0.2) is 97.6 Å². The predicted octanol–water partition coefficient (Wildman–Crippen LogP) is 5.64. The van der Waals surface area contributed by atoms with Crippen LogP contribution in [0.3, 0.4) is 0 Å². The van der Waals surface area contributed by atoms with Crippen LogP contribution in [0.2, 0.25) is 0 Å². The van der Waals surface area contributed by atoms with E-state index >= 15 is 0 Å². The van der Waals surface area contributed by atoms with Crippen LogP contribution in [0.5, 0.6) is 0 Å². The van der Waals surface area contributed by atoms with Crippen molar-refractivity contribution in [2.24, 2.45) is 0 Å². The predicted molar refractivity (Wildman–Crippen MR) is 136 cm³/mol. The zero-order valence-electron chi connectivity index (χ0n) is 18.4. The number of amides is 1. The summed E-state index contributed by atoms with van der Waals surface area (Å²) in [5.41, 5.74) is 5.62. The van der Waals surface area contributed by atoms with Gasteiger partial charge in [0.2, 0.25) is 0 Å². The Hall–Kier alpha value is -5.29. The Morgan fingerprint density at radius 2 is 1.49 bits per heavy atom. The summed E-state index contributed by atoms with van der Waals surface area (Å²) >= 11 is 0. The van der Waals surface area contributed by atoms with E-state index in [1.54, 1.807) is 49.1 Å². The molecule has 0 unspecified atom stereocenters. The highest BCUT2D eigenvalue weighted by atomic mass is 16.1. The molecule has 0 saturated heterocycles. The first-order valence-electron chi connectivity index (χ1n) is 10.8. The molecule has 0 bridgehead atoms. The zero-order chi connectivity index (χ0) is 24.0. The maximum atomic E-state index is 12.6. The molecule has 8 nitrogen and oxygen atoms in total. The second kappa shape index (κ2) is 9.68. The zero-order valence-corrected chi connectivity index (χ0v) is 18.4. The Kier molecular flexibility index (Phi) is 5.96. The molecule has 0 radical (unpaired) electrons. The minimum absolute atomic E-state index is 0.292. The molecule has 0 aliphatic heterocycles. The van der Waals surface area contributed by atoms with Crippen LogP contribution in [0.4, 0.5) is 28.4 Å². The van der Waals surface area contributed by atoms with Crippen molar-refractivity contribution >= 4 is 45.2 Å². The lowest BCUT2D eigenvalue weighted by atomic mass is 10.1. The van der Waals surface area contributed by atoms with E-state index in [2.05, 4.69) is 37.0 Å². The number of benzene rings is 2. The number of nitrogens with zero attached hydrogens (tertiary/aromatic N) is 4. The highest BCUT2D eigenvalue weighted by Gasteiger charge is 2.09. The molecule has 3 N–H and O–H groups in total. The summed E-state index contributed by atoms with van der Waals surface area (Å²) in [4.78, 5) is 25.3. The fourth-order valence-corrected chi connectivity index (χ4v) is 3.52. The number of carbonyl (C=O) groups is 1. The molecule has 0 spiro atoms. The number of pyridine rings is 3. The van der Waals surface area contributed by atoms with Crippen molar-refractivity contribution in [1.82, 2.24) is 15.0 Å². The second-order valence-corrected chi connectivity index (χ2v) is 7.65. The Morgan fingerprint density at radius 3 is 2.23 bits per heavy atom. The number of rotatable bonds is 6. The van der Waals surface area contributed by atoms with Gasteiger partial charge in [0.05, 0.1) is 29.0 Å². The first-order chi connectivity index (χ1) is 17.2. The van der Waals surface area contributed by atoms with Crippen LogP contribution < -0.4 is 16.0 Å². The van der Waals surface area contributed by atoms with Gasteiger partial charge in [0.15, 0.2) is 0 Å². The van der Waals surface area contributed by atoms with Gasteiger partial charge in [-0.15, -0.1) is 0 Å². The molecule has 35 heavy (non-hydrogen) atoms. The van der Waals surface area contributed by atoms with Gasteiger partial charge in [-0.2, -0.15) is 5.26 Å². The fourth-order valence-electron chi connectivity index (χ4n) is 3.52. The number of aromatic nitrogens is 3. The first kappa shape index (κ1) is 21.6. The van der Waals surface area contributed by atoms with E-state index in [4.69, 9.17) is 0 Å². The topological polar surface area (TPSA) is 116 Å². The lowest BCUT2D eigenvalue weighted by Crippen LogP contribution is -2.13. The molecule has 3 aromatic heterocycles. The van der Waals surface area contributed by atoms with Crippen molar-refractivity contribution < 1.29 is 4.79 Å². The minimum Gasteiger partial charge on any atom is -0.355 e. The van der Waals surface area contributed by atoms with Gasteiger partial charge < -0.3 is 16.0 Å². The van der Waals surface area contributed by atoms with Crippen LogP contribution in [-0.4, -0.2) is 20.9 Å². The van der Waals surface area contributed by atoms with Gasteiger partial charge in [0.1, 0.15) is 5.69 Å². The highest BCUT2D eigenvalue weighted by molar-refractivity contribution is 6.03. The third-order valence-electron chi connectivity index (χ3n) is 5.26. The quantitative estimate of drug-likeness (QED) is 0.302. The first-order valence-corrected chi connectivity index (χ1v) is 10.8. The molecular weight excluding hydrogens is 438 g/mol. The number of hydrogen-bond acceptors (Lipinski definition) is 7. The second-order valence-electron chi connectivity index (χ2n) is 7.65. The summed E-state index contributed by atoms with van der Waals surface area (Å²) < 4.78 is 0. The van der Waals surface area contributed by atoms with E-state index < -0.39 is 0 Å². The summed E-state index contributed by atoms with van der Waals surface area (Å²) in [5, 5.41) is 19.4. The van der Waals surface area contributed by atoms with E-state index in [9.17, 15) is 10.1 Å². The third kappa shape index (κ3) is 5.05. The molecule has 3 heterocycles. The van der Waals surface area contributed by atoms with Crippen molar-refractivity contribution in [1.29, 1.82) is 5.26 Å². The maximum absolute atomic E-state index is 12.6. The largest absolute Gasteiger partial charge is 0.355 e. The standard InChI is InChI=1S/C27H19N7O/c28-16-18-1-7-24-23(15-18)25(11-14-30-24)33-22-6-8-26(31-17-22)27(35)34-20-4-2-19(3-5-20)32-21-9-12-29-13-10-21/h1-15,17H,(H,29,32)(H,30,33)(H,34,35). The number of nitrogens with one attached hydrogen (secondary N) is 3. The van der Waals surface area contributed by atoms with Crippen molar-refractivity contribution in [2.45, 2.75) is 0 Å². The van der Waals surface area contributed by atoms with E-state index in [1.807, 2.05) is 48.5 Å². The smallest absolute Gasteiger partial charge is 0.274 e. The average Bonchev–Trinajstić information content (AvgIpc) is 2.91. The summed E-state index contributed by atoms with van der Waals surface area (Å²) in [6, 6.07) is 23.9. The lowest BCUT2D eigenvalue weighted by Gasteiger charge is -2.11. The molecule has 0 saturated carbocycles. The number of carbonyl (C=O) groups excluding carboxylic acids is 1. The average molecular weight is 457 g/mol. The van der Waals surface area contributed by atoms with E-state index in [0.717, 1.165) is 28.0 Å². The Bertz CT molecular complexity index is 1530. The third-order valence-corrected chi connectivity index (χ3v) is 5.26. The SMILES string of the molecule is N#Cc1ccc2nccc(Nc3ccc(C(=O)Nc4ccc(Nc5ccncc5)cc4)nc3)c2c1. The summed E-state index contributed by atoms with van der Waals surface area (Å²) in [6.45, 7) is 0. The van der Waals surface area contributed by atoms with Crippen LogP contribution in [0, 0.1) is 11.3 Å². The molecule has 0 aliphatic rings. The maximum Gasteiger partial charge on any atom is 0.274 e. The van der Waals surface area contributed by atoms with Crippen LogP contribution >= 0.6 is 0 Å². The summed E-state index contributed by atoms with van der Waals surface area (Å²) in [6.07, 6.45) is 6.73. The molecule has 8 heteroatoms. The molecule has 168 valence electrons. The molecule has 2 aromatic carbocycles. The number of anilines is 5. The number of nitriles is 1.